The van der Waals surface area contributed by atoms with Gasteiger partial charge in [0.05, 0.1) is 23.9 Å². The van der Waals surface area contributed by atoms with Crippen LogP contribution in [0.25, 0.3) is 0 Å². The lowest BCUT2D eigenvalue weighted by Gasteiger charge is -2.31. The lowest BCUT2D eigenvalue weighted by Crippen LogP contribution is -2.45. The molecule has 3 rings (SSSR count). The minimum atomic E-state index is -0.379. The second kappa shape index (κ2) is 7.72. The maximum Gasteiger partial charge on any atom is 0.322 e. The molecule has 0 saturated heterocycles. The van der Waals surface area contributed by atoms with Gasteiger partial charge < -0.3 is 15.1 Å². The predicted molar refractivity (Wildman–Crippen MR) is 106 cm³/mol. The molecule has 2 heterocycles. The first-order valence-electron chi connectivity index (χ1n) is 9.73. The highest BCUT2D eigenvalue weighted by molar-refractivity contribution is 6.01. The summed E-state index contributed by atoms with van der Waals surface area (Å²) in [6.45, 7) is 12.3. The Hall–Kier alpha value is -2.34. The molecule has 0 fully saturated rings. The highest BCUT2D eigenvalue weighted by Crippen LogP contribution is 2.36. The van der Waals surface area contributed by atoms with Crippen LogP contribution >= 0.6 is 0 Å². The van der Waals surface area contributed by atoms with E-state index >= 15 is 0 Å². The molecule has 6 nitrogen and oxygen atoms in total. The second-order valence-electron chi connectivity index (χ2n) is 7.42. The van der Waals surface area contributed by atoms with Crippen molar-refractivity contribution in [2.75, 3.05) is 39.8 Å². The van der Waals surface area contributed by atoms with Crippen LogP contribution < -0.4 is 5.32 Å². The monoisotopic (exact) mass is 370 g/mol. The molecular weight excluding hydrogens is 340 g/mol. The molecule has 2 aliphatic heterocycles. The first-order chi connectivity index (χ1) is 12.9. The topological polar surface area (TPSA) is 55.9 Å². The van der Waals surface area contributed by atoms with Crippen molar-refractivity contribution in [3.8, 4) is 0 Å². The number of likely N-dealkylation sites (N-methyl/N-ethyl adjacent to an activating group) is 2. The molecule has 0 aliphatic carbocycles. The summed E-state index contributed by atoms with van der Waals surface area (Å²) in [5.41, 5.74) is 4.79. The molecular formula is C21H30N4O2. The zero-order valence-electron chi connectivity index (χ0n) is 17.0. The number of nitrogens with zero attached hydrogens (tertiary/aromatic N) is 3. The van der Waals surface area contributed by atoms with Crippen molar-refractivity contribution in [3.63, 3.8) is 0 Å². The standard InChI is InChI=1S/C21H30N4O2/c1-6-24(7-2)10-11-25-13-17-18(20(25)26)19(22-21(27)23(17)5)16-9-8-14(3)12-15(16)4/h8-9,12,19H,6-7,10-11,13H2,1-5H3,(H,22,27)/t19-/m1/s1. The number of rotatable bonds is 6. The SMILES string of the molecule is CCN(CC)CCN1CC2=C(C1=O)[C@@H](c1ccc(C)cc1C)NC(=O)N2C. The van der Waals surface area contributed by atoms with Gasteiger partial charge in [-0.15, -0.1) is 0 Å². The van der Waals surface area contributed by atoms with Gasteiger partial charge in [-0.25, -0.2) is 4.79 Å². The quantitative estimate of drug-likeness (QED) is 0.837. The highest BCUT2D eigenvalue weighted by Gasteiger charge is 2.43. The minimum absolute atomic E-state index is 0.0361. The van der Waals surface area contributed by atoms with Crippen molar-refractivity contribution in [3.05, 3.63) is 46.2 Å². The van der Waals surface area contributed by atoms with Crippen LogP contribution in [-0.4, -0.2) is 66.4 Å². The number of aryl methyl sites for hydroxylation is 2. The predicted octanol–water partition coefficient (Wildman–Crippen LogP) is 2.44. The summed E-state index contributed by atoms with van der Waals surface area (Å²) in [5.74, 6) is 0.0361. The largest absolute Gasteiger partial charge is 0.332 e. The van der Waals surface area contributed by atoms with Crippen LogP contribution in [0.4, 0.5) is 4.79 Å². The molecule has 0 radical (unpaired) electrons. The maximum atomic E-state index is 13.2. The number of urea groups is 1. The second-order valence-corrected chi connectivity index (χ2v) is 7.42. The van der Waals surface area contributed by atoms with E-state index in [1.165, 1.54) is 5.56 Å². The molecule has 0 aromatic heterocycles. The number of hydrogen-bond acceptors (Lipinski definition) is 3. The number of carbonyl (C=O) groups excluding carboxylic acids is 2. The smallest absolute Gasteiger partial charge is 0.322 e. The van der Waals surface area contributed by atoms with Crippen molar-refractivity contribution >= 4 is 11.9 Å². The van der Waals surface area contributed by atoms with Crippen molar-refractivity contribution in [2.24, 2.45) is 0 Å². The molecule has 1 atom stereocenters. The average Bonchev–Trinajstić information content (AvgIpc) is 2.96. The Bertz CT molecular complexity index is 782. The molecule has 2 aliphatic rings. The van der Waals surface area contributed by atoms with E-state index in [0.717, 1.165) is 36.5 Å². The van der Waals surface area contributed by atoms with Crippen LogP contribution in [0.1, 0.15) is 36.6 Å². The van der Waals surface area contributed by atoms with Crippen LogP contribution in [0.5, 0.6) is 0 Å². The summed E-state index contributed by atoms with van der Waals surface area (Å²) in [6.07, 6.45) is 0. The molecule has 146 valence electrons. The number of benzene rings is 1. The van der Waals surface area contributed by atoms with E-state index in [2.05, 4.69) is 30.1 Å². The van der Waals surface area contributed by atoms with Gasteiger partial charge >= 0.3 is 6.03 Å². The molecule has 1 N–H and O–H groups in total. The van der Waals surface area contributed by atoms with E-state index in [1.54, 1.807) is 11.9 Å². The van der Waals surface area contributed by atoms with E-state index in [0.29, 0.717) is 18.7 Å². The Balaban J connectivity index is 1.90. The summed E-state index contributed by atoms with van der Waals surface area (Å²) in [5, 5.41) is 3.02. The third-order valence-corrected chi connectivity index (χ3v) is 5.75. The zero-order valence-corrected chi connectivity index (χ0v) is 17.0. The van der Waals surface area contributed by atoms with Crippen molar-refractivity contribution in [2.45, 2.75) is 33.7 Å². The molecule has 27 heavy (non-hydrogen) atoms. The van der Waals surface area contributed by atoms with Gasteiger partial charge in [-0.1, -0.05) is 37.6 Å². The molecule has 6 heteroatoms. The lowest BCUT2D eigenvalue weighted by molar-refractivity contribution is -0.126. The van der Waals surface area contributed by atoms with Gasteiger partial charge in [-0.05, 0) is 38.1 Å². The third-order valence-electron chi connectivity index (χ3n) is 5.75. The fourth-order valence-corrected chi connectivity index (χ4v) is 3.99. The summed E-state index contributed by atoms with van der Waals surface area (Å²) in [6, 6.07) is 5.62. The number of hydrogen-bond donors (Lipinski definition) is 1. The normalized spacial score (nSPS) is 19.9. The van der Waals surface area contributed by atoms with Crippen LogP contribution in [0.3, 0.4) is 0 Å². The molecule has 1 aromatic carbocycles. The van der Waals surface area contributed by atoms with Crippen LogP contribution in [0, 0.1) is 13.8 Å². The molecule has 0 spiro atoms. The molecule has 0 bridgehead atoms. The summed E-state index contributed by atoms with van der Waals surface area (Å²) in [7, 11) is 1.74. The van der Waals surface area contributed by atoms with Gasteiger partial charge in [-0.3, -0.25) is 9.69 Å². The number of amides is 3. The van der Waals surface area contributed by atoms with Crippen LogP contribution in [0.15, 0.2) is 29.5 Å². The first kappa shape index (κ1) is 19.4. The van der Waals surface area contributed by atoms with Crippen molar-refractivity contribution < 1.29 is 9.59 Å². The van der Waals surface area contributed by atoms with E-state index in [1.807, 2.05) is 30.9 Å². The first-order valence-corrected chi connectivity index (χ1v) is 9.73. The third kappa shape index (κ3) is 3.58. The van der Waals surface area contributed by atoms with Crippen LogP contribution in [0.2, 0.25) is 0 Å². The fourth-order valence-electron chi connectivity index (χ4n) is 3.99. The number of nitrogens with one attached hydrogen (secondary N) is 1. The van der Waals surface area contributed by atoms with Gasteiger partial charge in [-0.2, -0.15) is 0 Å². The maximum absolute atomic E-state index is 13.2. The van der Waals surface area contributed by atoms with Crippen LogP contribution in [-0.2, 0) is 4.79 Å². The average molecular weight is 370 g/mol. The summed E-state index contributed by atoms with van der Waals surface area (Å²) >= 11 is 0. The van der Waals surface area contributed by atoms with Gasteiger partial charge in [0.1, 0.15) is 0 Å². The van der Waals surface area contributed by atoms with Gasteiger partial charge in [0.15, 0.2) is 0 Å². The summed E-state index contributed by atoms with van der Waals surface area (Å²) in [4.78, 5) is 31.5. The van der Waals surface area contributed by atoms with Gasteiger partial charge in [0.2, 0.25) is 0 Å². The van der Waals surface area contributed by atoms with Crippen molar-refractivity contribution in [1.82, 2.24) is 20.0 Å². The Morgan fingerprint density at radius 3 is 2.52 bits per heavy atom. The van der Waals surface area contributed by atoms with Gasteiger partial charge in [0, 0.05) is 20.1 Å². The van der Waals surface area contributed by atoms with E-state index in [4.69, 9.17) is 0 Å². The molecule has 0 unspecified atom stereocenters. The Morgan fingerprint density at radius 2 is 1.89 bits per heavy atom. The Labute approximate surface area is 161 Å². The molecule has 3 amide bonds. The van der Waals surface area contributed by atoms with E-state index < -0.39 is 0 Å². The summed E-state index contributed by atoms with van der Waals surface area (Å²) < 4.78 is 0. The number of carbonyl (C=O) groups is 2. The Morgan fingerprint density at radius 1 is 1.19 bits per heavy atom. The van der Waals surface area contributed by atoms with E-state index in [9.17, 15) is 9.59 Å². The highest BCUT2D eigenvalue weighted by atomic mass is 16.2. The van der Waals surface area contributed by atoms with Crippen molar-refractivity contribution in [1.29, 1.82) is 0 Å². The lowest BCUT2D eigenvalue weighted by atomic mass is 9.91. The zero-order chi connectivity index (χ0) is 19.7. The minimum Gasteiger partial charge on any atom is -0.332 e. The van der Waals surface area contributed by atoms with E-state index in [-0.39, 0.29) is 18.0 Å². The fraction of sp³-hybridized carbons (Fsp3) is 0.524. The van der Waals surface area contributed by atoms with Gasteiger partial charge in [0.25, 0.3) is 5.91 Å². The Kier molecular flexibility index (Phi) is 5.56. The molecule has 1 aromatic rings. The molecule has 0 saturated carbocycles.